The number of hydrogen-bond donors (Lipinski definition) is 1. The number of sulfonamides is 1. The first-order chi connectivity index (χ1) is 14.3. The van der Waals surface area contributed by atoms with Crippen molar-refractivity contribution in [2.24, 2.45) is 7.05 Å². The van der Waals surface area contributed by atoms with Crippen LogP contribution in [0.15, 0.2) is 18.2 Å². The fourth-order valence-corrected chi connectivity index (χ4v) is 3.31. The van der Waals surface area contributed by atoms with Gasteiger partial charge in [-0.3, -0.25) is 14.8 Å². The molecular weight excluding hydrogens is 473 g/mol. The van der Waals surface area contributed by atoms with Crippen LogP contribution in [-0.2, 0) is 28.0 Å². The van der Waals surface area contributed by atoms with Crippen LogP contribution < -0.4 is 14.2 Å². The minimum Gasteiger partial charge on any atom is -0.485 e. The van der Waals surface area contributed by atoms with Crippen LogP contribution >= 0.6 is 11.6 Å². The van der Waals surface area contributed by atoms with E-state index in [1.54, 1.807) is 0 Å². The average molecular weight is 487 g/mol. The summed E-state index contributed by atoms with van der Waals surface area (Å²) in [7, 11) is -2.02. The normalized spacial score (nSPS) is 13.0. The second kappa shape index (κ2) is 9.07. The van der Waals surface area contributed by atoms with Gasteiger partial charge in [-0.25, -0.2) is 13.1 Å². The third-order valence-electron chi connectivity index (χ3n) is 3.81. The number of alkyl halides is 3. The van der Waals surface area contributed by atoms with Crippen LogP contribution in [-0.4, -0.2) is 48.3 Å². The molecule has 0 amide bonds. The highest BCUT2D eigenvalue weighted by Gasteiger charge is 2.39. The van der Waals surface area contributed by atoms with E-state index in [0.717, 1.165) is 32.3 Å². The topological polar surface area (TPSA) is 143 Å². The Morgan fingerprint density at radius 3 is 2.55 bits per heavy atom. The summed E-state index contributed by atoms with van der Waals surface area (Å²) in [5, 5.41) is 12.2. The first-order valence-electron chi connectivity index (χ1n) is 8.08. The molecule has 1 unspecified atom stereocenters. The average Bonchev–Trinajstić information content (AvgIpc) is 2.95. The number of halogens is 4. The first kappa shape index (κ1) is 24.4. The number of hydrogen-bond acceptors (Lipinski definition) is 8. The minimum absolute atomic E-state index is 0.0738. The van der Waals surface area contributed by atoms with Crippen LogP contribution in [0.25, 0.3) is 0 Å². The highest BCUT2D eigenvalue weighted by atomic mass is 35.5. The Labute approximate surface area is 177 Å². The van der Waals surface area contributed by atoms with Gasteiger partial charge in [-0.15, -0.1) is 5.10 Å². The Hall–Kier alpha value is -2.91. The van der Waals surface area contributed by atoms with Gasteiger partial charge in [0, 0.05) is 19.2 Å². The Morgan fingerprint density at radius 1 is 1.42 bits per heavy atom. The monoisotopic (exact) mass is 486 g/mol. The van der Waals surface area contributed by atoms with Crippen LogP contribution in [0.4, 0.5) is 18.9 Å². The summed E-state index contributed by atoms with van der Waals surface area (Å²) >= 11 is 5.69. The minimum atomic E-state index is -4.81. The van der Waals surface area contributed by atoms with Crippen LogP contribution in [0.5, 0.6) is 17.4 Å². The van der Waals surface area contributed by atoms with E-state index in [2.05, 4.69) is 5.10 Å². The Balaban J connectivity index is 2.36. The van der Waals surface area contributed by atoms with E-state index >= 15 is 0 Å². The van der Waals surface area contributed by atoms with E-state index < -0.39 is 61.0 Å². The van der Waals surface area contributed by atoms with Crippen LogP contribution in [0.3, 0.4) is 0 Å². The lowest BCUT2D eigenvalue weighted by Gasteiger charge is -2.13. The van der Waals surface area contributed by atoms with Crippen molar-refractivity contribution in [2.75, 3.05) is 13.7 Å². The van der Waals surface area contributed by atoms with Gasteiger partial charge < -0.3 is 14.3 Å². The standard InChI is InChI=1S/C15H14ClF3N4O7S/c1-20-31(27,28)9(6-24)7-29-11-5-8(3-4-10(11)23(25)26)30-14-12(16)13(15(17,18)19)22(2)21-14/h3-6,9,20H,7H2,1-2H3. The predicted octanol–water partition coefficient (Wildman–Crippen LogP) is 2.29. The molecule has 1 aromatic heterocycles. The fraction of sp³-hybridized carbons (Fsp3) is 0.333. The number of aryl methyl sites for hydroxylation is 1. The Morgan fingerprint density at radius 2 is 2.06 bits per heavy atom. The molecule has 0 saturated carbocycles. The zero-order chi connectivity index (χ0) is 23.6. The number of aromatic nitrogens is 2. The summed E-state index contributed by atoms with van der Waals surface area (Å²) in [5.41, 5.74) is -1.88. The van der Waals surface area contributed by atoms with E-state index in [4.69, 9.17) is 21.1 Å². The maximum atomic E-state index is 13.0. The van der Waals surface area contributed by atoms with E-state index in [-0.39, 0.29) is 12.0 Å². The summed E-state index contributed by atoms with van der Waals surface area (Å²) < 4.78 is 75.2. The predicted molar refractivity (Wildman–Crippen MR) is 99.7 cm³/mol. The zero-order valence-electron chi connectivity index (χ0n) is 15.7. The number of carbonyl (C=O) groups excluding carboxylic acids is 1. The first-order valence-corrected chi connectivity index (χ1v) is 10.0. The van der Waals surface area contributed by atoms with Crippen molar-refractivity contribution in [1.29, 1.82) is 0 Å². The molecule has 31 heavy (non-hydrogen) atoms. The number of rotatable bonds is 9. The molecule has 170 valence electrons. The molecule has 0 aliphatic rings. The molecule has 11 nitrogen and oxygen atoms in total. The highest BCUT2D eigenvalue weighted by Crippen LogP contribution is 2.41. The summed E-state index contributed by atoms with van der Waals surface area (Å²) in [6, 6.07) is 2.88. The van der Waals surface area contributed by atoms with Crippen LogP contribution in [0.2, 0.25) is 5.02 Å². The molecule has 0 radical (unpaired) electrons. The lowest BCUT2D eigenvalue weighted by atomic mass is 10.3. The molecule has 0 spiro atoms. The van der Waals surface area contributed by atoms with Crippen molar-refractivity contribution >= 4 is 33.6 Å². The number of carbonyl (C=O) groups is 1. The van der Waals surface area contributed by atoms with Gasteiger partial charge in [-0.1, -0.05) is 11.6 Å². The van der Waals surface area contributed by atoms with E-state index in [9.17, 15) is 36.5 Å². The SMILES string of the molecule is CNS(=O)(=O)C(C=O)COc1cc(Oc2nn(C)c(C(F)(F)F)c2Cl)ccc1[N+](=O)[O-]. The van der Waals surface area contributed by atoms with Crippen molar-refractivity contribution in [2.45, 2.75) is 11.4 Å². The fourth-order valence-electron chi connectivity index (χ4n) is 2.31. The van der Waals surface area contributed by atoms with Crippen molar-refractivity contribution in [3.63, 3.8) is 0 Å². The molecule has 2 rings (SSSR count). The third-order valence-corrected chi connectivity index (χ3v) is 5.76. The van der Waals surface area contributed by atoms with Crippen LogP contribution in [0.1, 0.15) is 5.69 Å². The number of nitro groups is 1. The van der Waals surface area contributed by atoms with Crippen molar-refractivity contribution in [1.82, 2.24) is 14.5 Å². The second-order valence-corrected chi connectivity index (χ2v) is 8.29. The molecule has 0 fully saturated rings. The zero-order valence-corrected chi connectivity index (χ0v) is 17.3. The molecule has 0 aliphatic heterocycles. The van der Waals surface area contributed by atoms with Gasteiger partial charge in [-0.2, -0.15) is 13.2 Å². The Bertz CT molecular complexity index is 1100. The van der Waals surface area contributed by atoms with Gasteiger partial charge in [0.05, 0.1) is 4.92 Å². The second-order valence-electron chi connectivity index (χ2n) is 5.81. The lowest BCUT2D eigenvalue weighted by Crippen LogP contribution is -2.37. The van der Waals surface area contributed by atoms with Gasteiger partial charge >= 0.3 is 11.9 Å². The smallest absolute Gasteiger partial charge is 0.434 e. The molecule has 0 aliphatic carbocycles. The van der Waals surface area contributed by atoms with Gasteiger partial charge in [0.2, 0.25) is 15.8 Å². The summed E-state index contributed by atoms with van der Waals surface area (Å²) in [5.74, 6) is -1.36. The van der Waals surface area contributed by atoms with Crippen LogP contribution in [0, 0.1) is 10.1 Å². The third kappa shape index (κ3) is 5.42. The molecule has 2 aromatic rings. The van der Waals surface area contributed by atoms with Crippen molar-refractivity contribution in [3.8, 4) is 17.4 Å². The highest BCUT2D eigenvalue weighted by molar-refractivity contribution is 7.90. The Kier molecular flexibility index (Phi) is 7.13. The molecule has 1 heterocycles. The molecule has 1 N–H and O–H groups in total. The van der Waals surface area contributed by atoms with E-state index in [0.29, 0.717) is 4.68 Å². The van der Waals surface area contributed by atoms with Gasteiger partial charge in [0.15, 0.2) is 10.9 Å². The molecule has 16 heteroatoms. The summed E-state index contributed by atoms with van der Waals surface area (Å²) in [4.78, 5) is 21.4. The largest absolute Gasteiger partial charge is 0.485 e. The number of nitrogens with one attached hydrogen (secondary N) is 1. The van der Waals surface area contributed by atoms with Gasteiger partial charge in [0.25, 0.3) is 5.88 Å². The maximum absolute atomic E-state index is 13.0. The molecule has 0 bridgehead atoms. The quantitative estimate of drug-likeness (QED) is 0.323. The van der Waals surface area contributed by atoms with Crippen molar-refractivity contribution < 1.29 is 40.8 Å². The van der Waals surface area contributed by atoms with Crippen molar-refractivity contribution in [3.05, 3.63) is 39.0 Å². The number of aldehydes is 1. The molecule has 1 atom stereocenters. The number of benzene rings is 1. The number of nitrogens with zero attached hydrogens (tertiary/aromatic N) is 3. The summed E-state index contributed by atoms with van der Waals surface area (Å²) in [6.45, 7) is -0.778. The summed E-state index contributed by atoms with van der Waals surface area (Å²) in [6.07, 6.45) is -4.74. The lowest BCUT2D eigenvalue weighted by molar-refractivity contribution is -0.385. The van der Waals surface area contributed by atoms with Gasteiger partial charge in [-0.05, 0) is 13.1 Å². The van der Waals surface area contributed by atoms with Gasteiger partial charge in [0.1, 0.15) is 23.7 Å². The maximum Gasteiger partial charge on any atom is 0.434 e. The van der Waals surface area contributed by atoms with E-state index in [1.165, 1.54) is 0 Å². The number of ether oxygens (including phenoxy) is 2. The molecule has 0 saturated heterocycles. The number of nitro benzene ring substituents is 1. The molecular formula is C15H14ClF3N4O7S. The molecule has 1 aromatic carbocycles. The van der Waals surface area contributed by atoms with E-state index in [1.807, 2.05) is 4.72 Å².